The molecule has 25 heavy (non-hydrogen) atoms. The van der Waals surface area contributed by atoms with E-state index in [9.17, 15) is 16.8 Å². The van der Waals surface area contributed by atoms with Gasteiger partial charge in [0.25, 0.3) is 10.0 Å². The smallest absolute Gasteiger partial charge is 0.262 e. The highest BCUT2D eigenvalue weighted by atomic mass is 32.2. The van der Waals surface area contributed by atoms with E-state index in [1.165, 1.54) is 24.3 Å². The summed E-state index contributed by atoms with van der Waals surface area (Å²) in [6.45, 7) is 9.27. The summed E-state index contributed by atoms with van der Waals surface area (Å²) in [6, 6.07) is 5.42. The molecule has 2 aromatic rings. The van der Waals surface area contributed by atoms with E-state index in [1.54, 1.807) is 13.8 Å². The lowest BCUT2D eigenvalue weighted by atomic mass is 9.95. The maximum atomic E-state index is 12.9. The topological polar surface area (TPSA) is 106 Å². The number of primary sulfonamides is 1. The first kappa shape index (κ1) is 19.4. The predicted molar refractivity (Wildman–Crippen MR) is 98.8 cm³/mol. The molecule has 0 saturated carbocycles. The lowest BCUT2D eigenvalue weighted by Crippen LogP contribution is -2.18. The van der Waals surface area contributed by atoms with Crippen molar-refractivity contribution in [2.24, 2.45) is 5.14 Å². The molecule has 0 fully saturated rings. The van der Waals surface area contributed by atoms with Gasteiger partial charge in [0, 0.05) is 0 Å². The lowest BCUT2D eigenvalue weighted by Gasteiger charge is -2.19. The van der Waals surface area contributed by atoms with E-state index in [0.717, 1.165) is 16.7 Å². The summed E-state index contributed by atoms with van der Waals surface area (Å²) >= 11 is 0. The number of sulfonamides is 2. The highest BCUT2D eigenvalue weighted by molar-refractivity contribution is 7.92. The Hall–Kier alpha value is -1.90. The lowest BCUT2D eigenvalue weighted by molar-refractivity contribution is 0.596. The highest BCUT2D eigenvalue weighted by Crippen LogP contribution is 2.31. The zero-order chi connectivity index (χ0) is 19.2. The average molecular weight is 383 g/mol. The van der Waals surface area contributed by atoms with Gasteiger partial charge in [-0.3, -0.25) is 4.72 Å². The second-order valence-corrected chi connectivity index (χ2v) is 9.31. The van der Waals surface area contributed by atoms with Crippen LogP contribution in [0.1, 0.15) is 27.8 Å². The molecular formula is C17H22N2O4S2. The Balaban J connectivity index is 2.59. The molecule has 136 valence electrons. The van der Waals surface area contributed by atoms with Gasteiger partial charge in [0.05, 0.1) is 15.5 Å². The first-order valence-corrected chi connectivity index (χ1v) is 10.6. The van der Waals surface area contributed by atoms with Crippen molar-refractivity contribution in [1.29, 1.82) is 0 Å². The molecule has 0 amide bonds. The van der Waals surface area contributed by atoms with Crippen LogP contribution in [0.2, 0.25) is 0 Å². The fraction of sp³-hybridized carbons (Fsp3) is 0.294. The van der Waals surface area contributed by atoms with Crippen LogP contribution in [0.4, 0.5) is 5.69 Å². The molecule has 0 spiro atoms. The summed E-state index contributed by atoms with van der Waals surface area (Å²) in [4.78, 5) is 0.0616. The molecule has 8 heteroatoms. The van der Waals surface area contributed by atoms with E-state index in [-0.39, 0.29) is 15.5 Å². The largest absolute Gasteiger partial charge is 0.280 e. The second-order valence-electron chi connectivity index (χ2n) is 6.13. The standard InChI is InChI=1S/C17H22N2O4S2/c1-10-11(2)13(4)17(14(5)12(10)3)25(22,23)19-15-7-6-8-16(9-15)24(18,20)21/h6-9,19H,1-5H3,(H2,18,20,21). The summed E-state index contributed by atoms with van der Waals surface area (Å²) < 4.78 is 51.2. The monoisotopic (exact) mass is 382 g/mol. The summed E-state index contributed by atoms with van der Waals surface area (Å²) in [6.07, 6.45) is 0. The molecule has 0 aromatic heterocycles. The number of nitrogens with one attached hydrogen (secondary N) is 1. The fourth-order valence-electron chi connectivity index (χ4n) is 2.81. The van der Waals surface area contributed by atoms with Crippen molar-refractivity contribution in [3.8, 4) is 0 Å². The number of hydrogen-bond acceptors (Lipinski definition) is 4. The van der Waals surface area contributed by atoms with Gasteiger partial charge in [-0.15, -0.1) is 0 Å². The minimum absolute atomic E-state index is 0.140. The van der Waals surface area contributed by atoms with Crippen LogP contribution in [0.15, 0.2) is 34.1 Å². The number of hydrogen-bond donors (Lipinski definition) is 2. The van der Waals surface area contributed by atoms with E-state index < -0.39 is 20.0 Å². The van der Waals surface area contributed by atoms with Gasteiger partial charge in [0.1, 0.15) is 0 Å². The van der Waals surface area contributed by atoms with Crippen LogP contribution in [0.3, 0.4) is 0 Å². The summed E-state index contributed by atoms with van der Waals surface area (Å²) in [5, 5.41) is 5.10. The fourth-order valence-corrected chi connectivity index (χ4v) is 5.02. The van der Waals surface area contributed by atoms with Crippen LogP contribution in [0.25, 0.3) is 0 Å². The second kappa shape index (κ2) is 6.44. The number of nitrogens with two attached hydrogens (primary N) is 1. The van der Waals surface area contributed by atoms with Crippen LogP contribution in [0, 0.1) is 34.6 Å². The van der Waals surface area contributed by atoms with E-state index in [4.69, 9.17) is 5.14 Å². The summed E-state index contributed by atoms with van der Waals surface area (Å²) in [7, 11) is -7.80. The number of rotatable bonds is 4. The quantitative estimate of drug-likeness (QED) is 0.848. The van der Waals surface area contributed by atoms with Gasteiger partial charge in [-0.25, -0.2) is 22.0 Å². The van der Waals surface area contributed by atoms with Crippen molar-refractivity contribution < 1.29 is 16.8 Å². The van der Waals surface area contributed by atoms with Crippen LogP contribution in [0.5, 0.6) is 0 Å². The van der Waals surface area contributed by atoms with E-state index >= 15 is 0 Å². The Morgan fingerprint density at radius 3 is 1.76 bits per heavy atom. The van der Waals surface area contributed by atoms with Gasteiger partial charge in [0.2, 0.25) is 10.0 Å². The Labute approximate surface area is 149 Å². The Morgan fingerprint density at radius 1 is 0.800 bits per heavy atom. The number of anilines is 1. The van der Waals surface area contributed by atoms with E-state index in [2.05, 4.69) is 4.72 Å². The maximum Gasteiger partial charge on any atom is 0.262 e. The predicted octanol–water partition coefficient (Wildman–Crippen LogP) is 2.68. The van der Waals surface area contributed by atoms with Crippen molar-refractivity contribution in [2.45, 2.75) is 44.4 Å². The first-order chi connectivity index (χ1) is 11.4. The molecule has 0 aliphatic rings. The van der Waals surface area contributed by atoms with E-state index in [0.29, 0.717) is 11.1 Å². The molecule has 0 bridgehead atoms. The SMILES string of the molecule is Cc1c(C)c(C)c(S(=O)(=O)Nc2cccc(S(N)(=O)=O)c2)c(C)c1C. The van der Waals surface area contributed by atoms with Crippen LogP contribution in [-0.2, 0) is 20.0 Å². The molecule has 2 aromatic carbocycles. The van der Waals surface area contributed by atoms with Crippen LogP contribution >= 0.6 is 0 Å². The van der Waals surface area contributed by atoms with Crippen molar-refractivity contribution in [3.05, 3.63) is 52.1 Å². The van der Waals surface area contributed by atoms with Gasteiger partial charge < -0.3 is 0 Å². The third-order valence-electron chi connectivity index (χ3n) is 4.61. The highest BCUT2D eigenvalue weighted by Gasteiger charge is 2.24. The molecular weight excluding hydrogens is 360 g/mol. The van der Waals surface area contributed by atoms with Gasteiger partial charge in [-0.05, 0) is 80.6 Å². The summed E-state index contributed by atoms with van der Waals surface area (Å²) in [5.41, 5.74) is 4.39. The maximum absolute atomic E-state index is 12.9. The van der Waals surface area contributed by atoms with Gasteiger partial charge in [-0.2, -0.15) is 0 Å². The molecule has 3 N–H and O–H groups in total. The number of benzene rings is 2. The Morgan fingerprint density at radius 2 is 1.28 bits per heavy atom. The van der Waals surface area contributed by atoms with Crippen molar-refractivity contribution >= 4 is 25.7 Å². The summed E-state index contributed by atoms with van der Waals surface area (Å²) in [5.74, 6) is 0. The van der Waals surface area contributed by atoms with E-state index in [1.807, 2.05) is 20.8 Å². The zero-order valence-corrected chi connectivity index (χ0v) is 16.5. The van der Waals surface area contributed by atoms with Crippen molar-refractivity contribution in [3.63, 3.8) is 0 Å². The average Bonchev–Trinajstić information content (AvgIpc) is 2.50. The molecule has 0 heterocycles. The molecule has 0 aliphatic carbocycles. The first-order valence-electron chi connectivity index (χ1n) is 7.59. The van der Waals surface area contributed by atoms with Crippen LogP contribution < -0.4 is 9.86 Å². The van der Waals surface area contributed by atoms with Crippen molar-refractivity contribution in [1.82, 2.24) is 0 Å². The van der Waals surface area contributed by atoms with Gasteiger partial charge in [0.15, 0.2) is 0 Å². The van der Waals surface area contributed by atoms with Crippen LogP contribution in [-0.4, -0.2) is 16.8 Å². The molecule has 0 unspecified atom stereocenters. The Kier molecular flexibility index (Phi) is 5.00. The molecule has 0 radical (unpaired) electrons. The minimum Gasteiger partial charge on any atom is -0.280 e. The molecule has 0 saturated heterocycles. The minimum atomic E-state index is -3.92. The molecule has 0 atom stereocenters. The zero-order valence-electron chi connectivity index (χ0n) is 14.8. The molecule has 6 nitrogen and oxygen atoms in total. The normalized spacial score (nSPS) is 12.2. The molecule has 0 aliphatic heterocycles. The van der Waals surface area contributed by atoms with Crippen molar-refractivity contribution in [2.75, 3.05) is 4.72 Å². The van der Waals surface area contributed by atoms with Gasteiger partial charge in [-0.1, -0.05) is 6.07 Å². The third-order valence-corrected chi connectivity index (χ3v) is 7.18. The molecule has 2 rings (SSSR count). The third kappa shape index (κ3) is 3.70. The Bertz CT molecular complexity index is 1030. The van der Waals surface area contributed by atoms with Gasteiger partial charge >= 0.3 is 0 Å².